The standard InChI is InChI=1S/C31H41F3O2/c1-3-4-5-6-21-7-9-23(10-8-21)28-17-13-24(30(33)31(28)34)20-36-25-14-11-22(12-15-25)27-18-16-26(35-2)19-29(27)32/h13,16-19,21-23,25H,3-12,14-15,20H2,1-2H3. The van der Waals surface area contributed by atoms with Crippen molar-refractivity contribution in [1.82, 2.24) is 0 Å². The zero-order valence-electron chi connectivity index (χ0n) is 21.8. The third-order valence-corrected chi connectivity index (χ3v) is 8.49. The molecule has 0 unspecified atom stereocenters. The Bertz CT molecular complexity index is 976. The lowest BCUT2D eigenvalue weighted by Crippen LogP contribution is -2.21. The molecule has 0 N–H and O–H groups in total. The van der Waals surface area contributed by atoms with Gasteiger partial charge in [0.2, 0.25) is 0 Å². The molecule has 2 nitrogen and oxygen atoms in total. The van der Waals surface area contributed by atoms with E-state index in [1.165, 1.54) is 38.9 Å². The lowest BCUT2D eigenvalue weighted by Gasteiger charge is -2.30. The van der Waals surface area contributed by atoms with Gasteiger partial charge in [0.1, 0.15) is 11.6 Å². The molecule has 0 heterocycles. The fraction of sp³-hybridized carbons (Fsp3) is 0.613. The van der Waals surface area contributed by atoms with Gasteiger partial charge in [-0.1, -0.05) is 50.8 Å². The number of unbranched alkanes of at least 4 members (excludes halogenated alkanes) is 2. The SMILES string of the molecule is CCCCCC1CCC(c2ccc(COC3CCC(c4ccc(OC)cc4F)CC3)c(F)c2F)CC1. The Morgan fingerprint density at radius 3 is 2.11 bits per heavy atom. The largest absolute Gasteiger partial charge is 0.497 e. The van der Waals surface area contributed by atoms with Gasteiger partial charge in [0, 0.05) is 11.6 Å². The van der Waals surface area contributed by atoms with Gasteiger partial charge in [-0.15, -0.1) is 0 Å². The van der Waals surface area contributed by atoms with Gasteiger partial charge in [-0.2, -0.15) is 0 Å². The van der Waals surface area contributed by atoms with E-state index in [1.54, 1.807) is 24.3 Å². The van der Waals surface area contributed by atoms with Crippen LogP contribution in [0.15, 0.2) is 30.3 Å². The zero-order chi connectivity index (χ0) is 25.5. The normalized spacial score (nSPS) is 24.6. The van der Waals surface area contributed by atoms with Crippen molar-refractivity contribution in [3.05, 3.63) is 64.5 Å². The van der Waals surface area contributed by atoms with Crippen LogP contribution in [0, 0.1) is 23.4 Å². The van der Waals surface area contributed by atoms with Crippen molar-refractivity contribution >= 4 is 0 Å². The summed E-state index contributed by atoms with van der Waals surface area (Å²) >= 11 is 0. The highest BCUT2D eigenvalue weighted by Gasteiger charge is 2.28. The fourth-order valence-corrected chi connectivity index (χ4v) is 6.19. The number of halogens is 3. The second-order valence-electron chi connectivity index (χ2n) is 10.8. The van der Waals surface area contributed by atoms with Gasteiger partial charge in [-0.3, -0.25) is 0 Å². The maximum Gasteiger partial charge on any atom is 0.164 e. The first-order valence-electron chi connectivity index (χ1n) is 13.9. The maximum atomic E-state index is 15.0. The Labute approximate surface area is 214 Å². The molecule has 2 aromatic rings. The summed E-state index contributed by atoms with van der Waals surface area (Å²) in [5, 5.41) is 0. The van der Waals surface area contributed by atoms with Gasteiger partial charge in [0.25, 0.3) is 0 Å². The number of hydrogen-bond acceptors (Lipinski definition) is 2. The minimum Gasteiger partial charge on any atom is -0.497 e. The number of methoxy groups -OCH3 is 1. The lowest BCUT2D eigenvalue weighted by molar-refractivity contribution is 0.0116. The van der Waals surface area contributed by atoms with E-state index in [0.29, 0.717) is 16.9 Å². The summed E-state index contributed by atoms with van der Waals surface area (Å²) in [6, 6.07) is 8.51. The summed E-state index contributed by atoms with van der Waals surface area (Å²) in [5.74, 6) is -0.165. The number of ether oxygens (including phenoxy) is 2. The minimum absolute atomic E-state index is 0.0207. The molecule has 2 saturated carbocycles. The van der Waals surface area contributed by atoms with E-state index in [1.807, 2.05) is 0 Å². The molecule has 2 aliphatic carbocycles. The fourth-order valence-electron chi connectivity index (χ4n) is 6.19. The molecule has 5 heteroatoms. The lowest BCUT2D eigenvalue weighted by atomic mass is 9.76. The molecule has 4 rings (SSSR count). The van der Waals surface area contributed by atoms with Crippen molar-refractivity contribution in [2.45, 2.75) is 109 Å². The molecule has 0 atom stereocenters. The second-order valence-corrected chi connectivity index (χ2v) is 10.8. The van der Waals surface area contributed by atoms with Crippen molar-refractivity contribution in [1.29, 1.82) is 0 Å². The van der Waals surface area contributed by atoms with E-state index >= 15 is 4.39 Å². The van der Waals surface area contributed by atoms with E-state index < -0.39 is 11.6 Å². The summed E-state index contributed by atoms with van der Waals surface area (Å²) in [6.45, 7) is 2.29. The highest BCUT2D eigenvalue weighted by Crippen LogP contribution is 2.40. The van der Waals surface area contributed by atoms with Crippen LogP contribution in [0.4, 0.5) is 13.2 Å². The van der Waals surface area contributed by atoms with Crippen LogP contribution < -0.4 is 4.74 Å². The monoisotopic (exact) mass is 502 g/mol. The van der Waals surface area contributed by atoms with Crippen molar-refractivity contribution in [2.75, 3.05) is 7.11 Å². The average Bonchev–Trinajstić information content (AvgIpc) is 2.90. The molecule has 0 amide bonds. The van der Waals surface area contributed by atoms with Gasteiger partial charge in [0.05, 0.1) is 19.8 Å². The first kappa shape index (κ1) is 27.0. The molecule has 0 radical (unpaired) electrons. The minimum atomic E-state index is -0.758. The molecule has 0 aliphatic heterocycles. The molecule has 0 bridgehead atoms. The smallest absolute Gasteiger partial charge is 0.164 e. The van der Waals surface area contributed by atoms with Gasteiger partial charge < -0.3 is 9.47 Å². The topological polar surface area (TPSA) is 18.5 Å². The highest BCUT2D eigenvalue weighted by atomic mass is 19.2. The predicted molar refractivity (Wildman–Crippen MR) is 138 cm³/mol. The quantitative estimate of drug-likeness (QED) is 0.302. The number of hydrogen-bond donors (Lipinski definition) is 0. The van der Waals surface area contributed by atoms with Crippen LogP contribution in [0.3, 0.4) is 0 Å². The van der Waals surface area contributed by atoms with E-state index in [-0.39, 0.29) is 35.9 Å². The van der Waals surface area contributed by atoms with Crippen molar-refractivity contribution in [3.63, 3.8) is 0 Å². The van der Waals surface area contributed by atoms with Crippen LogP contribution in [0.25, 0.3) is 0 Å². The number of benzene rings is 2. The van der Waals surface area contributed by atoms with Gasteiger partial charge >= 0.3 is 0 Å². The van der Waals surface area contributed by atoms with Gasteiger partial charge in [-0.25, -0.2) is 13.2 Å². The van der Waals surface area contributed by atoms with Crippen LogP contribution in [0.1, 0.15) is 112 Å². The molecule has 0 saturated heterocycles. The summed E-state index contributed by atoms with van der Waals surface area (Å²) in [6.07, 6.45) is 12.3. The van der Waals surface area contributed by atoms with Crippen molar-refractivity contribution in [2.24, 2.45) is 5.92 Å². The molecule has 36 heavy (non-hydrogen) atoms. The van der Waals surface area contributed by atoms with E-state index in [2.05, 4.69) is 6.92 Å². The first-order valence-corrected chi connectivity index (χ1v) is 13.9. The summed E-state index contributed by atoms with van der Waals surface area (Å²) in [5.41, 5.74) is 1.53. The Kier molecular flexibility index (Phi) is 9.75. The van der Waals surface area contributed by atoms with E-state index in [0.717, 1.165) is 57.3 Å². The molecular weight excluding hydrogens is 461 g/mol. The van der Waals surface area contributed by atoms with E-state index in [4.69, 9.17) is 9.47 Å². The Morgan fingerprint density at radius 2 is 1.44 bits per heavy atom. The third-order valence-electron chi connectivity index (χ3n) is 8.49. The first-order chi connectivity index (χ1) is 17.5. The second kappa shape index (κ2) is 13.0. The molecule has 198 valence electrons. The molecule has 2 aliphatic rings. The summed E-state index contributed by atoms with van der Waals surface area (Å²) < 4.78 is 55.5. The molecule has 2 fully saturated rings. The highest BCUT2D eigenvalue weighted by molar-refractivity contribution is 5.31. The van der Waals surface area contributed by atoms with Gasteiger partial charge in [0.15, 0.2) is 11.6 Å². The molecule has 2 aromatic carbocycles. The molecule has 0 aromatic heterocycles. The number of rotatable bonds is 10. The van der Waals surface area contributed by atoms with Crippen LogP contribution in [0.5, 0.6) is 5.75 Å². The van der Waals surface area contributed by atoms with Gasteiger partial charge in [-0.05, 0) is 86.3 Å². The van der Waals surface area contributed by atoms with Crippen LogP contribution in [-0.4, -0.2) is 13.2 Å². The Hall–Kier alpha value is -2.01. The predicted octanol–water partition coefficient (Wildman–Crippen LogP) is 9.21. The van der Waals surface area contributed by atoms with Crippen LogP contribution in [-0.2, 0) is 11.3 Å². The summed E-state index contributed by atoms with van der Waals surface area (Å²) in [7, 11) is 1.53. The average molecular weight is 503 g/mol. The Morgan fingerprint density at radius 1 is 0.778 bits per heavy atom. The van der Waals surface area contributed by atoms with E-state index in [9.17, 15) is 8.78 Å². The van der Waals surface area contributed by atoms with Crippen molar-refractivity contribution < 1.29 is 22.6 Å². The van der Waals surface area contributed by atoms with Crippen LogP contribution in [0.2, 0.25) is 0 Å². The van der Waals surface area contributed by atoms with Crippen LogP contribution >= 0.6 is 0 Å². The van der Waals surface area contributed by atoms with Crippen molar-refractivity contribution in [3.8, 4) is 5.75 Å². The summed E-state index contributed by atoms with van der Waals surface area (Å²) in [4.78, 5) is 0. The Balaban J connectivity index is 1.26. The third kappa shape index (κ3) is 6.65. The molecule has 0 spiro atoms. The maximum absolute atomic E-state index is 15.0. The zero-order valence-corrected chi connectivity index (χ0v) is 21.8. The molecular formula is C31H41F3O2.